The molecule has 4 N–H and O–H groups in total. The van der Waals surface area contributed by atoms with Crippen LogP contribution in [0.3, 0.4) is 0 Å². The largest absolute Gasteiger partial charge is 0.459 e. The van der Waals surface area contributed by atoms with Crippen LogP contribution in [0, 0.1) is 5.92 Å². The maximum Gasteiger partial charge on any atom is 0.351 e. The molecule has 1 aromatic heterocycles. The average molecular weight is 312 g/mol. The summed E-state index contributed by atoms with van der Waals surface area (Å²) in [4.78, 5) is 27.0. The first kappa shape index (κ1) is 16.4. The van der Waals surface area contributed by atoms with Crippen molar-refractivity contribution in [1.29, 1.82) is 0 Å². The van der Waals surface area contributed by atoms with Crippen molar-refractivity contribution in [2.75, 3.05) is 18.9 Å². The van der Waals surface area contributed by atoms with Gasteiger partial charge < -0.3 is 25.7 Å². The Morgan fingerprint density at radius 3 is 2.95 bits per heavy atom. The van der Waals surface area contributed by atoms with Crippen LogP contribution >= 0.6 is 0 Å². The summed E-state index contributed by atoms with van der Waals surface area (Å²) in [7, 11) is 0. The number of rotatable bonds is 5. The summed E-state index contributed by atoms with van der Waals surface area (Å²) < 4.78 is 17.1. The minimum atomic E-state index is -0.752. The van der Waals surface area contributed by atoms with Gasteiger partial charge in [-0.3, -0.25) is 9.36 Å². The Labute approximate surface area is 127 Å². The molecule has 2 heterocycles. The highest BCUT2D eigenvalue weighted by molar-refractivity contribution is 5.75. The minimum absolute atomic E-state index is 0.0231. The summed E-state index contributed by atoms with van der Waals surface area (Å²) in [5, 5.41) is 0. The molecule has 3 atom stereocenters. The number of hydrogen-bond acceptors (Lipinski definition) is 8. The number of hydrogen-bond donors (Lipinski definition) is 2. The summed E-state index contributed by atoms with van der Waals surface area (Å²) in [5.74, 6) is -0.407. The van der Waals surface area contributed by atoms with Crippen LogP contribution < -0.4 is 17.2 Å². The zero-order valence-electron chi connectivity index (χ0n) is 12.5. The molecular formula is C13H20N4O5. The van der Waals surface area contributed by atoms with Gasteiger partial charge in [0.15, 0.2) is 12.5 Å². The molecule has 9 heteroatoms. The van der Waals surface area contributed by atoms with Gasteiger partial charge in [0.25, 0.3) is 0 Å². The Hall–Kier alpha value is -1.97. The predicted molar refractivity (Wildman–Crippen MR) is 76.5 cm³/mol. The van der Waals surface area contributed by atoms with Gasteiger partial charge in [-0.2, -0.15) is 4.98 Å². The first-order valence-corrected chi connectivity index (χ1v) is 6.92. The predicted octanol–water partition coefficient (Wildman–Crippen LogP) is -0.776. The second-order valence-electron chi connectivity index (χ2n) is 5.30. The van der Waals surface area contributed by atoms with Gasteiger partial charge in [-0.1, -0.05) is 13.8 Å². The van der Waals surface area contributed by atoms with E-state index in [1.54, 1.807) is 0 Å². The highest BCUT2D eigenvalue weighted by Gasteiger charge is 2.30. The first-order valence-electron chi connectivity index (χ1n) is 6.92. The number of nitrogens with zero attached hydrogens (tertiary/aromatic N) is 2. The third kappa shape index (κ3) is 3.81. The Bertz CT molecular complexity index is 588. The first-order chi connectivity index (χ1) is 10.4. The van der Waals surface area contributed by atoms with Crippen LogP contribution in [0.4, 0.5) is 5.82 Å². The highest BCUT2D eigenvalue weighted by Crippen LogP contribution is 2.20. The fourth-order valence-corrected chi connectivity index (χ4v) is 1.84. The van der Waals surface area contributed by atoms with Crippen molar-refractivity contribution in [2.45, 2.75) is 32.4 Å². The quantitative estimate of drug-likeness (QED) is 0.677. The maximum absolute atomic E-state index is 11.7. The number of carbonyl (C=O) groups is 1. The molecule has 0 radical (unpaired) electrons. The molecule has 0 amide bonds. The summed E-state index contributed by atoms with van der Waals surface area (Å²) in [6.45, 7) is 3.70. The molecule has 0 unspecified atom stereocenters. The molecule has 0 saturated carbocycles. The standard InChI is InChI=1S/C13H20N4O5/c1-7(2)11(15)12(18)21-6-10-20-5-9(22-10)17-4-3-8(14)16-13(17)19/h3-4,7,9-11H,5-6,15H2,1-2H3,(H2,14,16,19)/t9-,10-,11-/m0/s1. The van der Waals surface area contributed by atoms with Crippen molar-refractivity contribution in [3.05, 3.63) is 22.7 Å². The summed E-state index contributed by atoms with van der Waals surface area (Å²) >= 11 is 0. The molecule has 2 rings (SSSR count). The zero-order valence-corrected chi connectivity index (χ0v) is 12.5. The molecule has 0 aromatic carbocycles. The fraction of sp³-hybridized carbons (Fsp3) is 0.615. The Morgan fingerprint density at radius 1 is 1.59 bits per heavy atom. The monoisotopic (exact) mass is 312 g/mol. The lowest BCUT2D eigenvalue weighted by Gasteiger charge is -2.17. The van der Waals surface area contributed by atoms with Gasteiger partial charge in [-0.05, 0) is 12.0 Å². The van der Waals surface area contributed by atoms with Crippen LogP contribution in [0.5, 0.6) is 0 Å². The summed E-state index contributed by atoms with van der Waals surface area (Å²) in [6.07, 6.45) is 0.0859. The molecule has 22 heavy (non-hydrogen) atoms. The molecule has 1 aromatic rings. The molecule has 1 aliphatic heterocycles. The van der Waals surface area contributed by atoms with E-state index in [0.717, 1.165) is 0 Å². The SMILES string of the molecule is CC(C)[C@H](N)C(=O)OC[C@H]1OC[C@@H](n2ccc(N)nc2=O)O1. The molecular weight excluding hydrogens is 292 g/mol. The highest BCUT2D eigenvalue weighted by atomic mass is 16.7. The lowest BCUT2D eigenvalue weighted by molar-refractivity contribution is -0.161. The van der Waals surface area contributed by atoms with E-state index >= 15 is 0 Å². The van der Waals surface area contributed by atoms with Crippen LogP contribution in [0.15, 0.2) is 17.1 Å². The molecule has 9 nitrogen and oxygen atoms in total. The van der Waals surface area contributed by atoms with Crippen molar-refractivity contribution in [3.8, 4) is 0 Å². The number of aromatic nitrogens is 2. The van der Waals surface area contributed by atoms with Gasteiger partial charge in [0, 0.05) is 6.20 Å². The van der Waals surface area contributed by atoms with Crippen molar-refractivity contribution < 1.29 is 19.0 Å². The number of anilines is 1. The molecule has 0 spiro atoms. The summed E-state index contributed by atoms with van der Waals surface area (Å²) in [5.41, 5.74) is 10.6. The minimum Gasteiger partial charge on any atom is -0.459 e. The van der Waals surface area contributed by atoms with Gasteiger partial charge in [-0.15, -0.1) is 0 Å². The van der Waals surface area contributed by atoms with E-state index < -0.39 is 30.2 Å². The van der Waals surface area contributed by atoms with E-state index in [1.165, 1.54) is 16.8 Å². The van der Waals surface area contributed by atoms with Crippen molar-refractivity contribution in [3.63, 3.8) is 0 Å². The lowest BCUT2D eigenvalue weighted by atomic mass is 10.1. The van der Waals surface area contributed by atoms with Crippen LogP contribution in [0.1, 0.15) is 20.1 Å². The molecule has 1 saturated heterocycles. The third-order valence-corrected chi connectivity index (χ3v) is 3.25. The second kappa shape index (κ2) is 6.86. The van der Waals surface area contributed by atoms with E-state index in [0.29, 0.717) is 0 Å². The normalized spacial score (nSPS) is 22.7. The molecule has 1 aliphatic rings. The Morgan fingerprint density at radius 2 is 2.32 bits per heavy atom. The topological polar surface area (TPSA) is 132 Å². The van der Waals surface area contributed by atoms with Gasteiger partial charge in [0.1, 0.15) is 18.5 Å². The van der Waals surface area contributed by atoms with Crippen LogP contribution in [-0.2, 0) is 19.0 Å². The van der Waals surface area contributed by atoms with Gasteiger partial charge >= 0.3 is 11.7 Å². The lowest BCUT2D eigenvalue weighted by Crippen LogP contribution is -2.38. The maximum atomic E-state index is 11.7. The zero-order chi connectivity index (χ0) is 16.3. The number of esters is 1. The van der Waals surface area contributed by atoms with Gasteiger partial charge in [0.05, 0.1) is 6.61 Å². The Kier molecular flexibility index (Phi) is 5.11. The van der Waals surface area contributed by atoms with E-state index in [-0.39, 0.29) is 24.9 Å². The number of carbonyl (C=O) groups excluding carboxylic acids is 1. The van der Waals surface area contributed by atoms with E-state index in [9.17, 15) is 9.59 Å². The van der Waals surface area contributed by atoms with E-state index in [4.69, 9.17) is 25.7 Å². The second-order valence-corrected chi connectivity index (χ2v) is 5.30. The van der Waals surface area contributed by atoms with Crippen LogP contribution in [0.25, 0.3) is 0 Å². The Balaban J connectivity index is 1.88. The van der Waals surface area contributed by atoms with Crippen molar-refractivity contribution >= 4 is 11.8 Å². The number of nitrogens with two attached hydrogens (primary N) is 2. The molecule has 1 fully saturated rings. The third-order valence-electron chi connectivity index (χ3n) is 3.25. The van der Waals surface area contributed by atoms with Crippen LogP contribution in [0.2, 0.25) is 0 Å². The number of nitrogen functional groups attached to an aromatic ring is 1. The molecule has 122 valence electrons. The smallest absolute Gasteiger partial charge is 0.351 e. The van der Waals surface area contributed by atoms with Crippen LogP contribution in [-0.4, -0.2) is 41.1 Å². The van der Waals surface area contributed by atoms with E-state index in [2.05, 4.69) is 4.98 Å². The van der Waals surface area contributed by atoms with E-state index in [1.807, 2.05) is 13.8 Å². The number of ether oxygens (including phenoxy) is 3. The van der Waals surface area contributed by atoms with Crippen molar-refractivity contribution in [2.24, 2.45) is 11.7 Å². The van der Waals surface area contributed by atoms with Gasteiger partial charge in [0.2, 0.25) is 0 Å². The fourth-order valence-electron chi connectivity index (χ4n) is 1.84. The molecule has 0 bridgehead atoms. The van der Waals surface area contributed by atoms with Gasteiger partial charge in [-0.25, -0.2) is 4.79 Å². The summed E-state index contributed by atoms with van der Waals surface area (Å²) in [6, 6.07) is 0.792. The average Bonchev–Trinajstić information content (AvgIpc) is 2.92. The molecule has 0 aliphatic carbocycles. The van der Waals surface area contributed by atoms with Crippen molar-refractivity contribution in [1.82, 2.24) is 9.55 Å².